The topological polar surface area (TPSA) is 62.4 Å². The molecule has 0 amide bonds. The van der Waals surface area contributed by atoms with E-state index in [4.69, 9.17) is 4.52 Å². The van der Waals surface area contributed by atoms with Gasteiger partial charge in [-0.3, -0.25) is 4.90 Å². The van der Waals surface area contributed by atoms with Crippen LogP contribution in [0.2, 0.25) is 0 Å². The van der Waals surface area contributed by atoms with Gasteiger partial charge in [-0.25, -0.2) is 4.39 Å². The van der Waals surface area contributed by atoms with E-state index >= 15 is 0 Å². The smallest absolute Gasteiger partial charge is 0.241 e. The summed E-state index contributed by atoms with van der Waals surface area (Å²) < 4.78 is 18.6. The average Bonchev–Trinajstić information content (AvgIpc) is 3.12. The van der Waals surface area contributed by atoms with Crippen molar-refractivity contribution in [3.05, 3.63) is 35.5 Å². The van der Waals surface area contributed by atoms with Gasteiger partial charge in [0.1, 0.15) is 5.82 Å². The second-order valence-corrected chi connectivity index (χ2v) is 6.00. The fourth-order valence-corrected chi connectivity index (χ4v) is 2.81. The Balaban J connectivity index is 1.68. The molecule has 0 spiro atoms. The molecule has 1 N–H and O–H groups in total. The Morgan fingerprint density at radius 1 is 1.50 bits per heavy atom. The Hall–Kier alpha value is -1.79. The van der Waals surface area contributed by atoms with Gasteiger partial charge in [-0.05, 0) is 56.5 Å². The molecule has 0 bridgehead atoms. The van der Waals surface area contributed by atoms with Crippen LogP contribution in [0.4, 0.5) is 4.39 Å². The molecule has 2 unspecified atom stereocenters. The van der Waals surface area contributed by atoms with E-state index in [1.165, 1.54) is 6.07 Å². The molecule has 6 heteroatoms. The third kappa shape index (κ3) is 3.18. The van der Waals surface area contributed by atoms with Crippen molar-refractivity contribution >= 4 is 0 Å². The van der Waals surface area contributed by atoms with E-state index in [-0.39, 0.29) is 11.9 Å². The van der Waals surface area contributed by atoms with Gasteiger partial charge in [0.25, 0.3) is 0 Å². The van der Waals surface area contributed by atoms with Gasteiger partial charge in [-0.1, -0.05) is 5.16 Å². The van der Waals surface area contributed by atoms with Gasteiger partial charge in [0.2, 0.25) is 11.7 Å². The van der Waals surface area contributed by atoms with Gasteiger partial charge in [-0.15, -0.1) is 0 Å². The van der Waals surface area contributed by atoms with Gasteiger partial charge < -0.3 is 9.63 Å². The molecule has 118 valence electrons. The molecule has 22 heavy (non-hydrogen) atoms. The van der Waals surface area contributed by atoms with Gasteiger partial charge in [0.05, 0.1) is 12.6 Å². The van der Waals surface area contributed by atoms with Crippen LogP contribution in [0.5, 0.6) is 0 Å². The van der Waals surface area contributed by atoms with Crippen molar-refractivity contribution < 1.29 is 14.0 Å². The Morgan fingerprint density at radius 3 is 3.00 bits per heavy atom. The highest BCUT2D eigenvalue weighted by atomic mass is 19.1. The second-order valence-electron chi connectivity index (χ2n) is 6.00. The number of aliphatic hydroxyl groups excluding tert-OH is 1. The Morgan fingerprint density at radius 2 is 2.32 bits per heavy atom. The van der Waals surface area contributed by atoms with Crippen molar-refractivity contribution in [3.8, 4) is 11.4 Å². The highest BCUT2D eigenvalue weighted by Gasteiger charge is 2.27. The fraction of sp³-hybridized carbons (Fsp3) is 0.500. The normalized spacial score (nSPS) is 20.5. The summed E-state index contributed by atoms with van der Waals surface area (Å²) in [5.41, 5.74) is 1.31. The lowest BCUT2D eigenvalue weighted by Gasteiger charge is -2.15. The molecule has 0 radical (unpaired) electrons. The number of rotatable bonds is 4. The van der Waals surface area contributed by atoms with Gasteiger partial charge in [0, 0.05) is 12.1 Å². The minimum absolute atomic E-state index is 0.242. The molecule has 1 saturated heterocycles. The first-order chi connectivity index (χ1) is 10.5. The number of benzene rings is 1. The van der Waals surface area contributed by atoms with E-state index in [9.17, 15) is 9.50 Å². The SMILES string of the molecule is Cc1cc(-c2noc(CN3CCC(C(C)O)C3)n2)ccc1F. The fourth-order valence-electron chi connectivity index (χ4n) is 2.81. The van der Waals surface area contributed by atoms with Crippen LogP contribution in [0.1, 0.15) is 24.8 Å². The monoisotopic (exact) mass is 305 g/mol. The zero-order valence-electron chi connectivity index (χ0n) is 12.8. The van der Waals surface area contributed by atoms with Crippen molar-refractivity contribution in [1.29, 1.82) is 0 Å². The summed E-state index contributed by atoms with van der Waals surface area (Å²) in [7, 11) is 0. The van der Waals surface area contributed by atoms with Crippen LogP contribution in [0.25, 0.3) is 11.4 Å². The summed E-state index contributed by atoms with van der Waals surface area (Å²) >= 11 is 0. The second kappa shape index (κ2) is 6.14. The lowest BCUT2D eigenvalue weighted by Crippen LogP contribution is -2.24. The van der Waals surface area contributed by atoms with E-state index in [2.05, 4.69) is 15.0 Å². The van der Waals surface area contributed by atoms with Crippen molar-refractivity contribution in [2.45, 2.75) is 32.9 Å². The Kier molecular flexibility index (Phi) is 4.22. The first-order valence-electron chi connectivity index (χ1n) is 7.52. The number of hydrogen-bond acceptors (Lipinski definition) is 5. The summed E-state index contributed by atoms with van der Waals surface area (Å²) in [6.07, 6.45) is 0.695. The van der Waals surface area contributed by atoms with Crippen LogP contribution in [0.15, 0.2) is 22.7 Å². The Labute approximate surface area is 128 Å². The molecule has 1 aliphatic rings. The maximum Gasteiger partial charge on any atom is 0.241 e. The van der Waals surface area contributed by atoms with Crippen molar-refractivity contribution in [1.82, 2.24) is 15.0 Å². The summed E-state index contributed by atoms with van der Waals surface area (Å²) in [5.74, 6) is 1.09. The van der Waals surface area contributed by atoms with Gasteiger partial charge in [0.15, 0.2) is 0 Å². The highest BCUT2D eigenvalue weighted by molar-refractivity contribution is 5.55. The molecular weight excluding hydrogens is 285 g/mol. The summed E-state index contributed by atoms with van der Waals surface area (Å²) in [5, 5.41) is 13.6. The molecule has 2 heterocycles. The number of hydrogen-bond donors (Lipinski definition) is 1. The quantitative estimate of drug-likeness (QED) is 0.939. The molecule has 0 saturated carbocycles. The maximum atomic E-state index is 13.3. The van der Waals surface area contributed by atoms with E-state index in [1.54, 1.807) is 19.1 Å². The minimum Gasteiger partial charge on any atom is -0.393 e. The zero-order valence-corrected chi connectivity index (χ0v) is 12.8. The largest absolute Gasteiger partial charge is 0.393 e. The van der Waals surface area contributed by atoms with Gasteiger partial charge in [-0.2, -0.15) is 4.98 Å². The van der Waals surface area contributed by atoms with E-state index in [0.717, 1.165) is 25.1 Å². The first kappa shape index (κ1) is 15.1. The highest BCUT2D eigenvalue weighted by Crippen LogP contribution is 2.23. The average molecular weight is 305 g/mol. The van der Waals surface area contributed by atoms with Gasteiger partial charge >= 0.3 is 0 Å². The van der Waals surface area contributed by atoms with Crippen LogP contribution in [0.3, 0.4) is 0 Å². The number of aliphatic hydroxyl groups is 1. The van der Waals surface area contributed by atoms with Crippen LogP contribution in [-0.2, 0) is 6.54 Å². The summed E-state index contributed by atoms with van der Waals surface area (Å²) in [6.45, 7) is 5.88. The molecule has 0 aliphatic carbocycles. The Bertz CT molecular complexity index is 657. The molecule has 1 aromatic heterocycles. The minimum atomic E-state index is -0.287. The molecule has 1 aromatic carbocycles. The van der Waals surface area contributed by atoms with E-state index in [0.29, 0.717) is 29.7 Å². The number of halogens is 1. The zero-order chi connectivity index (χ0) is 15.7. The van der Waals surface area contributed by atoms with Crippen LogP contribution in [-0.4, -0.2) is 39.3 Å². The molecule has 3 rings (SSSR count). The van der Waals surface area contributed by atoms with E-state index in [1.807, 2.05) is 6.92 Å². The number of nitrogens with zero attached hydrogens (tertiary/aromatic N) is 3. The maximum absolute atomic E-state index is 13.3. The summed E-state index contributed by atoms with van der Waals surface area (Å²) in [4.78, 5) is 6.58. The molecular formula is C16H20FN3O2. The first-order valence-corrected chi connectivity index (χ1v) is 7.52. The molecule has 1 aliphatic heterocycles. The van der Waals surface area contributed by atoms with Crippen molar-refractivity contribution in [2.75, 3.05) is 13.1 Å². The van der Waals surface area contributed by atoms with Crippen LogP contribution >= 0.6 is 0 Å². The number of aromatic nitrogens is 2. The third-order valence-corrected chi connectivity index (χ3v) is 4.23. The lowest BCUT2D eigenvalue weighted by atomic mass is 10.0. The van der Waals surface area contributed by atoms with Crippen LogP contribution < -0.4 is 0 Å². The number of likely N-dealkylation sites (tertiary alicyclic amines) is 1. The lowest BCUT2D eigenvalue weighted by molar-refractivity contribution is 0.125. The molecule has 1 fully saturated rings. The van der Waals surface area contributed by atoms with Crippen molar-refractivity contribution in [2.24, 2.45) is 5.92 Å². The number of aryl methyl sites for hydroxylation is 1. The van der Waals surface area contributed by atoms with Crippen molar-refractivity contribution in [3.63, 3.8) is 0 Å². The van der Waals surface area contributed by atoms with E-state index < -0.39 is 0 Å². The summed E-state index contributed by atoms with van der Waals surface area (Å²) in [6, 6.07) is 4.77. The molecule has 5 nitrogen and oxygen atoms in total. The predicted octanol–water partition coefficient (Wildman–Crippen LogP) is 2.39. The molecule has 2 atom stereocenters. The third-order valence-electron chi connectivity index (χ3n) is 4.23. The molecule has 2 aromatic rings. The standard InChI is InChI=1S/C16H20FN3O2/c1-10-7-12(3-4-14(10)17)16-18-15(22-19-16)9-20-6-5-13(8-20)11(2)21/h3-4,7,11,13,21H,5-6,8-9H2,1-2H3. The van der Waals surface area contributed by atoms with Crippen LogP contribution in [0, 0.1) is 18.7 Å². The predicted molar refractivity (Wildman–Crippen MR) is 79.5 cm³/mol.